The number of benzene rings is 1. The van der Waals surface area contributed by atoms with Crippen LogP contribution in [0.3, 0.4) is 0 Å². The molecule has 0 amide bonds. The fourth-order valence-electron chi connectivity index (χ4n) is 3.89. The van der Waals surface area contributed by atoms with E-state index in [9.17, 15) is 0 Å². The van der Waals surface area contributed by atoms with Gasteiger partial charge in [0, 0.05) is 17.1 Å². The SMILES string of the molecule is Nc1nc(N2C3CCC2COC3)c2ccc(-c3ccn[nH]3)cc2n1. The summed E-state index contributed by atoms with van der Waals surface area (Å²) in [6.07, 6.45) is 4.02. The van der Waals surface area contributed by atoms with E-state index in [4.69, 9.17) is 10.5 Å². The van der Waals surface area contributed by atoms with Crippen molar-refractivity contribution in [3.05, 3.63) is 30.5 Å². The van der Waals surface area contributed by atoms with Crippen LogP contribution in [-0.4, -0.2) is 45.5 Å². The second kappa shape index (κ2) is 5.17. The highest BCUT2D eigenvalue weighted by Crippen LogP contribution is 2.37. The maximum Gasteiger partial charge on any atom is 0.222 e. The number of aromatic amines is 1. The van der Waals surface area contributed by atoms with Crippen LogP contribution in [0, 0.1) is 0 Å². The van der Waals surface area contributed by atoms with Crippen LogP contribution in [0.15, 0.2) is 30.5 Å². The lowest BCUT2D eigenvalue weighted by Gasteiger charge is -2.36. The fraction of sp³-hybridized carbons (Fsp3) is 0.353. The van der Waals surface area contributed by atoms with Gasteiger partial charge in [0.1, 0.15) is 5.82 Å². The monoisotopic (exact) mass is 322 g/mol. The summed E-state index contributed by atoms with van der Waals surface area (Å²) in [6.45, 7) is 1.52. The number of rotatable bonds is 2. The van der Waals surface area contributed by atoms with Crippen molar-refractivity contribution >= 4 is 22.7 Å². The number of aromatic nitrogens is 4. The quantitative estimate of drug-likeness (QED) is 0.749. The van der Waals surface area contributed by atoms with Crippen molar-refractivity contribution in [2.24, 2.45) is 0 Å². The highest BCUT2D eigenvalue weighted by atomic mass is 16.5. The zero-order valence-electron chi connectivity index (χ0n) is 13.1. The number of anilines is 2. The Morgan fingerprint density at radius 2 is 1.96 bits per heavy atom. The third kappa shape index (κ3) is 2.05. The van der Waals surface area contributed by atoms with Crippen molar-refractivity contribution in [2.45, 2.75) is 24.9 Å². The molecule has 0 spiro atoms. The Kier molecular flexibility index (Phi) is 2.96. The van der Waals surface area contributed by atoms with E-state index in [0.29, 0.717) is 18.0 Å². The number of hydrogen-bond donors (Lipinski definition) is 2. The number of fused-ring (bicyclic) bond motifs is 3. The minimum atomic E-state index is 0.310. The lowest BCUT2D eigenvalue weighted by atomic mass is 10.1. The van der Waals surface area contributed by atoms with Gasteiger partial charge >= 0.3 is 0 Å². The predicted octanol–water partition coefficient (Wildman–Crippen LogP) is 1.97. The molecule has 2 fully saturated rings. The van der Waals surface area contributed by atoms with Crippen LogP contribution in [0.1, 0.15) is 12.8 Å². The molecule has 2 aromatic heterocycles. The second-order valence-corrected chi connectivity index (χ2v) is 6.44. The second-order valence-electron chi connectivity index (χ2n) is 6.44. The number of morpholine rings is 1. The Labute approximate surface area is 138 Å². The highest BCUT2D eigenvalue weighted by molar-refractivity contribution is 5.93. The molecule has 4 heterocycles. The number of nitrogens with two attached hydrogens (primary N) is 1. The zero-order valence-corrected chi connectivity index (χ0v) is 13.1. The molecule has 0 aliphatic carbocycles. The molecular weight excluding hydrogens is 304 g/mol. The first-order valence-electron chi connectivity index (χ1n) is 8.23. The molecule has 7 nitrogen and oxygen atoms in total. The first-order chi connectivity index (χ1) is 11.8. The van der Waals surface area contributed by atoms with Crippen LogP contribution in [0.4, 0.5) is 11.8 Å². The third-order valence-electron chi connectivity index (χ3n) is 4.99. The fourth-order valence-corrected chi connectivity index (χ4v) is 3.89. The molecule has 1 aromatic carbocycles. The molecule has 2 atom stereocenters. The molecule has 2 saturated heterocycles. The van der Waals surface area contributed by atoms with Crippen molar-refractivity contribution in [3.8, 4) is 11.3 Å². The molecule has 2 bridgehead atoms. The number of hydrogen-bond acceptors (Lipinski definition) is 6. The van der Waals surface area contributed by atoms with E-state index in [1.165, 1.54) is 0 Å². The Hall–Kier alpha value is -2.67. The van der Waals surface area contributed by atoms with Crippen molar-refractivity contribution in [2.75, 3.05) is 23.8 Å². The maximum absolute atomic E-state index is 6.01. The smallest absolute Gasteiger partial charge is 0.222 e. The Morgan fingerprint density at radius 3 is 2.71 bits per heavy atom. The van der Waals surface area contributed by atoms with E-state index in [0.717, 1.165) is 54.0 Å². The van der Waals surface area contributed by atoms with Crippen LogP contribution in [-0.2, 0) is 4.74 Å². The van der Waals surface area contributed by atoms with Crippen molar-refractivity contribution in [1.82, 2.24) is 20.2 Å². The molecule has 5 rings (SSSR count). The molecule has 122 valence electrons. The standard InChI is InChI=1S/C17H18N6O/c18-17-20-15-7-10(14-5-6-19-22-14)1-4-13(15)16(21-17)23-11-2-3-12(23)9-24-8-11/h1,4-7,11-12H,2-3,8-9H2,(H,19,22)(H2,18,20,21). The van der Waals surface area contributed by atoms with Gasteiger partial charge in [-0.2, -0.15) is 10.1 Å². The molecule has 0 radical (unpaired) electrons. The van der Waals surface area contributed by atoms with Gasteiger partial charge in [-0.1, -0.05) is 6.07 Å². The van der Waals surface area contributed by atoms with E-state index < -0.39 is 0 Å². The molecule has 2 aliphatic rings. The predicted molar refractivity (Wildman–Crippen MR) is 91.6 cm³/mol. The number of ether oxygens (including phenoxy) is 1. The van der Waals surface area contributed by atoms with E-state index in [2.05, 4.69) is 37.2 Å². The average molecular weight is 322 g/mol. The maximum atomic E-state index is 6.01. The van der Waals surface area contributed by atoms with Gasteiger partial charge in [-0.3, -0.25) is 5.10 Å². The Bertz CT molecular complexity index is 877. The van der Waals surface area contributed by atoms with Gasteiger partial charge in [-0.05, 0) is 31.0 Å². The van der Waals surface area contributed by atoms with Crippen LogP contribution in [0.5, 0.6) is 0 Å². The van der Waals surface area contributed by atoms with Crippen LogP contribution in [0.25, 0.3) is 22.2 Å². The van der Waals surface area contributed by atoms with Crippen LogP contribution < -0.4 is 10.6 Å². The van der Waals surface area contributed by atoms with Crippen molar-refractivity contribution in [3.63, 3.8) is 0 Å². The summed E-state index contributed by atoms with van der Waals surface area (Å²) >= 11 is 0. The van der Waals surface area contributed by atoms with Crippen LogP contribution in [0.2, 0.25) is 0 Å². The molecule has 2 unspecified atom stereocenters. The lowest BCUT2D eigenvalue weighted by Crippen LogP contribution is -2.46. The third-order valence-corrected chi connectivity index (χ3v) is 4.99. The molecule has 0 saturated carbocycles. The van der Waals surface area contributed by atoms with Gasteiger partial charge in [0.05, 0.1) is 36.5 Å². The summed E-state index contributed by atoms with van der Waals surface area (Å²) in [4.78, 5) is 11.4. The Balaban J connectivity index is 1.66. The number of H-pyrrole nitrogens is 1. The molecule has 7 heteroatoms. The summed E-state index contributed by atoms with van der Waals surface area (Å²) in [5.41, 5.74) is 8.86. The van der Waals surface area contributed by atoms with Crippen molar-refractivity contribution in [1.29, 1.82) is 0 Å². The van der Waals surface area contributed by atoms with E-state index in [-0.39, 0.29) is 0 Å². The van der Waals surface area contributed by atoms with Gasteiger partial charge in [0.15, 0.2) is 0 Å². The van der Waals surface area contributed by atoms with E-state index in [1.54, 1.807) is 6.20 Å². The number of nitrogen functional groups attached to an aromatic ring is 1. The Morgan fingerprint density at radius 1 is 1.12 bits per heavy atom. The topological polar surface area (TPSA) is 93.0 Å². The highest BCUT2D eigenvalue weighted by Gasteiger charge is 2.39. The lowest BCUT2D eigenvalue weighted by molar-refractivity contribution is 0.0904. The van der Waals surface area contributed by atoms with Gasteiger partial charge in [0.2, 0.25) is 5.95 Å². The summed E-state index contributed by atoms with van der Waals surface area (Å²) < 4.78 is 5.69. The zero-order chi connectivity index (χ0) is 16.1. The van der Waals surface area contributed by atoms with Crippen LogP contribution >= 0.6 is 0 Å². The average Bonchev–Trinajstić information content (AvgIpc) is 3.20. The van der Waals surface area contributed by atoms with Gasteiger partial charge in [-0.25, -0.2) is 4.98 Å². The molecule has 2 aliphatic heterocycles. The van der Waals surface area contributed by atoms with Gasteiger partial charge < -0.3 is 15.4 Å². The molecule has 3 N–H and O–H groups in total. The molecular formula is C17H18N6O. The molecule has 24 heavy (non-hydrogen) atoms. The summed E-state index contributed by atoms with van der Waals surface area (Å²) in [5.74, 6) is 1.25. The van der Waals surface area contributed by atoms with E-state index >= 15 is 0 Å². The van der Waals surface area contributed by atoms with Crippen molar-refractivity contribution < 1.29 is 4.74 Å². The summed E-state index contributed by atoms with van der Waals surface area (Å²) in [5, 5.41) is 8.03. The molecule has 3 aromatic rings. The minimum absolute atomic E-state index is 0.310. The largest absolute Gasteiger partial charge is 0.377 e. The van der Waals surface area contributed by atoms with E-state index in [1.807, 2.05) is 12.1 Å². The summed E-state index contributed by atoms with van der Waals surface area (Å²) in [7, 11) is 0. The number of nitrogens with one attached hydrogen (secondary N) is 1. The first kappa shape index (κ1) is 13.7. The summed E-state index contributed by atoms with van der Waals surface area (Å²) in [6, 6.07) is 8.89. The number of nitrogens with zero attached hydrogens (tertiary/aromatic N) is 4. The first-order valence-corrected chi connectivity index (χ1v) is 8.23. The normalized spacial score (nSPS) is 23.1. The minimum Gasteiger partial charge on any atom is -0.377 e. The van der Waals surface area contributed by atoms with Gasteiger partial charge in [-0.15, -0.1) is 0 Å². The van der Waals surface area contributed by atoms with Gasteiger partial charge in [0.25, 0.3) is 0 Å².